The predicted molar refractivity (Wildman–Crippen MR) is 334 cm³/mol. The van der Waals surface area contributed by atoms with Gasteiger partial charge in [-0.3, -0.25) is 24.2 Å². The first-order chi connectivity index (χ1) is 44.6. The SMILES string of the molecule is CC(C)c1cc(C(=O)N2Cc3ccc(CN4CCN(C)CC4)cc3C2)c(O[C@@H]2O[C@H](CO)[C@H](O)[C@H](O)[C@H]2O)cc1O.CCc1c(O)cc(O[C@@H]2O[C@H](CO)[C@H](O)[C@H](O)[C@H]2O)c(C(=O)c2ccc(OCCN3CCOCC3)c(OC)c2)c1CC(=O)N(CCOC)CCOC. The Balaban J connectivity index is 0.000000245. The quantitative estimate of drug-likeness (QED) is 0.0379. The zero-order valence-corrected chi connectivity index (χ0v) is 54.0. The van der Waals surface area contributed by atoms with Crippen molar-refractivity contribution < 1.29 is 108 Å². The number of ether oxygens (including phenoxy) is 9. The van der Waals surface area contributed by atoms with E-state index in [1.165, 1.54) is 50.0 Å². The van der Waals surface area contributed by atoms with Gasteiger partial charge < -0.3 is 108 Å². The minimum absolute atomic E-state index is 0.0343. The molecular formula is C66H93N5O22. The fraction of sp³-hybridized carbons (Fsp3) is 0.591. The van der Waals surface area contributed by atoms with E-state index in [4.69, 9.17) is 42.6 Å². The van der Waals surface area contributed by atoms with Gasteiger partial charge in [0.15, 0.2) is 17.3 Å². The van der Waals surface area contributed by atoms with Crippen molar-refractivity contribution in [1.82, 2.24) is 24.5 Å². The van der Waals surface area contributed by atoms with Crippen LogP contribution in [0.15, 0.2) is 54.6 Å². The summed E-state index contributed by atoms with van der Waals surface area (Å²) in [7, 11) is 6.60. The van der Waals surface area contributed by atoms with Gasteiger partial charge in [0.05, 0.1) is 64.3 Å². The standard InChI is InChI=1S/C36H52N2O14.C30H41N3O8/c1-5-23-24(19-30(41)38(11-13-46-2)12-14-47-3)31(28(20-25(23)40)51-36-35(45)34(44)33(43)29(21-39)52-36)32(42)22-6-7-26(27(18-22)48-4)50-17-10-37-8-15-49-16-9-37;1-17(2)21-11-22(24(12-23(21)35)40-30-28(38)27(37)26(36)25(16-34)41-30)29(39)33-14-19-5-4-18(10-20(19)15-33)13-32-8-6-31(3)7-9-32/h6-7,18,20,29,33-36,39-40,43-45H,5,8-17,19,21H2,1-4H3;4-5,10-12,17,25-28,30,34-38H,6-9,13-16H2,1-3H3/t29-,33+,34+,35-,36-;25-,26+,27+,28-,30-/m11/s1. The fourth-order valence-electron chi connectivity index (χ4n) is 11.9. The minimum atomic E-state index is -1.81. The molecule has 5 heterocycles. The molecule has 4 aromatic rings. The number of methoxy groups -OCH3 is 3. The van der Waals surface area contributed by atoms with Crippen molar-refractivity contribution in [3.63, 3.8) is 0 Å². The van der Waals surface area contributed by atoms with Crippen LogP contribution in [-0.2, 0) is 61.0 Å². The molecule has 0 aliphatic carbocycles. The number of phenols is 2. The number of aliphatic hydroxyl groups excluding tert-OH is 8. The normalized spacial score (nSPS) is 24.5. The van der Waals surface area contributed by atoms with Gasteiger partial charge >= 0.3 is 0 Å². The summed E-state index contributed by atoms with van der Waals surface area (Å²) in [6, 6.07) is 15.1. The number of amides is 2. The van der Waals surface area contributed by atoms with Crippen molar-refractivity contribution in [3.8, 4) is 34.5 Å². The molecule has 5 aliphatic rings. The number of rotatable bonds is 26. The lowest BCUT2D eigenvalue weighted by molar-refractivity contribution is -0.277. The van der Waals surface area contributed by atoms with Crippen molar-refractivity contribution >= 4 is 17.6 Å². The van der Waals surface area contributed by atoms with Crippen LogP contribution in [0.5, 0.6) is 34.5 Å². The van der Waals surface area contributed by atoms with Crippen LogP contribution in [0, 0.1) is 0 Å². The van der Waals surface area contributed by atoms with E-state index in [1.807, 2.05) is 13.8 Å². The summed E-state index contributed by atoms with van der Waals surface area (Å²) in [6.07, 6.45) is -15.8. The number of nitrogens with zero attached hydrogens (tertiary/aromatic N) is 5. The number of likely N-dealkylation sites (N-methyl/N-ethyl adjacent to an activating group) is 1. The molecule has 4 fully saturated rings. The molecular weight excluding hydrogens is 1210 g/mol. The molecule has 10 N–H and O–H groups in total. The minimum Gasteiger partial charge on any atom is -0.508 e. The maximum Gasteiger partial charge on any atom is 0.258 e. The molecule has 0 radical (unpaired) electrons. The second-order valence-corrected chi connectivity index (χ2v) is 24.2. The van der Waals surface area contributed by atoms with Gasteiger partial charge in [-0.25, -0.2) is 0 Å². The van der Waals surface area contributed by atoms with Gasteiger partial charge in [-0.05, 0) is 77.0 Å². The summed E-state index contributed by atoms with van der Waals surface area (Å²) in [5.74, 6) is -1.39. The number of fused-ring (bicyclic) bond motifs is 1. The lowest BCUT2D eigenvalue weighted by Gasteiger charge is -2.39. The number of aromatic hydroxyl groups is 2. The third-order valence-corrected chi connectivity index (χ3v) is 17.5. The van der Waals surface area contributed by atoms with Gasteiger partial charge in [0.1, 0.15) is 78.4 Å². The number of benzene rings is 4. The Morgan fingerprint density at radius 3 is 1.83 bits per heavy atom. The van der Waals surface area contributed by atoms with Gasteiger partial charge in [0.2, 0.25) is 18.5 Å². The second-order valence-electron chi connectivity index (χ2n) is 24.2. The third kappa shape index (κ3) is 17.8. The summed E-state index contributed by atoms with van der Waals surface area (Å²) in [4.78, 5) is 52.7. The van der Waals surface area contributed by atoms with Crippen molar-refractivity contribution in [3.05, 3.63) is 105 Å². The highest BCUT2D eigenvalue weighted by Gasteiger charge is 2.47. The summed E-state index contributed by atoms with van der Waals surface area (Å²) in [6.45, 7) is 15.0. The lowest BCUT2D eigenvalue weighted by atomic mass is 9.89. The highest BCUT2D eigenvalue weighted by atomic mass is 16.7. The average Bonchev–Trinajstić information content (AvgIpc) is 1.29. The maximum atomic E-state index is 14.6. The number of hydrogen-bond acceptors (Lipinski definition) is 25. The largest absolute Gasteiger partial charge is 0.508 e. The number of carbonyl (C=O) groups excluding carboxylic acids is 3. The highest BCUT2D eigenvalue weighted by Crippen LogP contribution is 2.41. The smallest absolute Gasteiger partial charge is 0.258 e. The number of piperazine rings is 1. The molecule has 2 amide bonds. The molecule has 4 saturated heterocycles. The van der Waals surface area contributed by atoms with E-state index in [0.717, 1.165) is 56.9 Å². The molecule has 0 spiro atoms. The summed E-state index contributed by atoms with van der Waals surface area (Å²) >= 11 is 0. The van der Waals surface area contributed by atoms with E-state index in [2.05, 4.69) is 39.9 Å². The van der Waals surface area contributed by atoms with Crippen LogP contribution in [0.2, 0.25) is 0 Å². The number of aliphatic hydroxyl groups is 8. The number of carbonyl (C=O) groups is 3. The van der Waals surface area contributed by atoms with Crippen LogP contribution in [0.1, 0.15) is 86.3 Å². The van der Waals surface area contributed by atoms with E-state index in [1.54, 1.807) is 30.0 Å². The van der Waals surface area contributed by atoms with Gasteiger partial charge in [-0.2, -0.15) is 0 Å². The highest BCUT2D eigenvalue weighted by molar-refractivity contribution is 6.13. The molecule has 0 unspecified atom stereocenters. The van der Waals surface area contributed by atoms with Crippen molar-refractivity contribution in [2.45, 2.75) is 121 Å². The predicted octanol–water partition coefficient (Wildman–Crippen LogP) is 0.346. The zero-order chi connectivity index (χ0) is 67.2. The molecule has 9 rings (SSSR count). The number of ketones is 1. The molecule has 27 nitrogen and oxygen atoms in total. The summed E-state index contributed by atoms with van der Waals surface area (Å²) < 4.78 is 50.4. The first-order valence-electron chi connectivity index (χ1n) is 31.5. The van der Waals surface area contributed by atoms with E-state index in [-0.39, 0.29) is 108 Å². The topological polar surface area (TPSA) is 353 Å². The van der Waals surface area contributed by atoms with Crippen LogP contribution in [0.3, 0.4) is 0 Å². The second kappa shape index (κ2) is 33.9. The van der Waals surface area contributed by atoms with Crippen LogP contribution in [-0.4, -0.2) is 288 Å². The molecule has 27 heteroatoms. The van der Waals surface area contributed by atoms with E-state index >= 15 is 0 Å². The zero-order valence-electron chi connectivity index (χ0n) is 54.0. The molecule has 5 aliphatic heterocycles. The van der Waals surface area contributed by atoms with E-state index < -0.39 is 80.4 Å². The molecule has 93 heavy (non-hydrogen) atoms. The molecule has 0 aromatic heterocycles. The fourth-order valence-corrected chi connectivity index (χ4v) is 11.9. The molecule has 0 saturated carbocycles. The molecule has 4 aromatic carbocycles. The molecule has 0 bridgehead atoms. The van der Waals surface area contributed by atoms with Crippen LogP contribution in [0.4, 0.5) is 0 Å². The monoisotopic (exact) mass is 1310 g/mol. The Morgan fingerprint density at radius 2 is 1.25 bits per heavy atom. The number of phenolic OH excluding ortho intramolecular Hbond substituents is 2. The Kier molecular flexibility index (Phi) is 26.4. The van der Waals surface area contributed by atoms with Crippen LogP contribution >= 0.6 is 0 Å². The Bertz CT molecular complexity index is 3110. The summed E-state index contributed by atoms with van der Waals surface area (Å²) in [5.41, 5.74) is 4.60. The van der Waals surface area contributed by atoms with Gasteiger partial charge in [-0.15, -0.1) is 0 Å². The lowest BCUT2D eigenvalue weighted by Crippen LogP contribution is -2.60. The van der Waals surface area contributed by atoms with Crippen LogP contribution in [0.25, 0.3) is 0 Å². The van der Waals surface area contributed by atoms with Crippen molar-refractivity contribution in [1.29, 1.82) is 0 Å². The summed E-state index contributed by atoms with van der Waals surface area (Å²) in [5, 5.41) is 104. The third-order valence-electron chi connectivity index (χ3n) is 17.5. The molecule has 514 valence electrons. The van der Waals surface area contributed by atoms with Gasteiger partial charge in [-0.1, -0.05) is 39.0 Å². The molecule has 10 atom stereocenters. The number of morpholine rings is 1. The number of hydrogen-bond donors (Lipinski definition) is 10. The van der Waals surface area contributed by atoms with E-state index in [0.29, 0.717) is 56.3 Å². The van der Waals surface area contributed by atoms with Gasteiger partial charge in [0.25, 0.3) is 5.91 Å². The Morgan fingerprint density at radius 1 is 0.645 bits per heavy atom. The first kappa shape index (κ1) is 72.5. The first-order valence-corrected chi connectivity index (χ1v) is 31.5. The van der Waals surface area contributed by atoms with Crippen LogP contribution < -0.4 is 18.9 Å². The maximum absolute atomic E-state index is 14.6. The Labute approximate surface area is 541 Å². The van der Waals surface area contributed by atoms with Crippen molar-refractivity contribution in [2.75, 3.05) is 134 Å². The van der Waals surface area contributed by atoms with E-state index in [9.17, 15) is 65.4 Å². The average molecular weight is 1310 g/mol. The van der Waals surface area contributed by atoms with Gasteiger partial charge in [0, 0.05) is 110 Å². The Hall–Kier alpha value is -6.35. The van der Waals surface area contributed by atoms with Crippen molar-refractivity contribution in [2.24, 2.45) is 0 Å².